The van der Waals surface area contributed by atoms with Crippen LogP contribution in [-0.4, -0.2) is 55.5 Å². The van der Waals surface area contributed by atoms with Gasteiger partial charge in [0, 0.05) is 24.2 Å². The van der Waals surface area contributed by atoms with Gasteiger partial charge in [0.05, 0.1) is 0 Å². The van der Waals surface area contributed by atoms with Gasteiger partial charge >= 0.3 is 18.4 Å². The Kier molecular flexibility index (Phi) is 5.79. The van der Waals surface area contributed by atoms with Gasteiger partial charge < -0.3 is 14.9 Å². The van der Waals surface area contributed by atoms with Crippen molar-refractivity contribution in [3.8, 4) is 0 Å². The topological polar surface area (TPSA) is 84.6 Å². The molecule has 0 aliphatic heterocycles. The number of aliphatic hydroxyl groups is 2. The van der Waals surface area contributed by atoms with Crippen molar-refractivity contribution in [1.29, 1.82) is 0 Å². The quantitative estimate of drug-likeness (QED) is 0.736. The Morgan fingerprint density at radius 3 is 1.82 bits per heavy atom. The molecule has 1 aromatic heterocycles. The van der Waals surface area contributed by atoms with Crippen LogP contribution in [0.3, 0.4) is 0 Å². The van der Waals surface area contributed by atoms with Crippen LogP contribution in [0.5, 0.6) is 0 Å². The zero-order valence-electron chi connectivity index (χ0n) is 15.0. The summed E-state index contributed by atoms with van der Waals surface area (Å²) in [5.41, 5.74) is -6.65. The van der Waals surface area contributed by atoms with Gasteiger partial charge in [-0.1, -0.05) is 0 Å². The summed E-state index contributed by atoms with van der Waals surface area (Å²) in [5, 5.41) is 19.9. The first kappa shape index (κ1) is 22.5. The van der Waals surface area contributed by atoms with E-state index in [-0.39, 0.29) is 0 Å². The van der Waals surface area contributed by atoms with Crippen LogP contribution in [0.15, 0.2) is 18.7 Å². The van der Waals surface area contributed by atoms with Gasteiger partial charge in [0.25, 0.3) is 0 Å². The lowest BCUT2D eigenvalue weighted by molar-refractivity contribution is -0.298. The zero-order valence-corrected chi connectivity index (χ0v) is 15.0. The monoisotopic (exact) mass is 418 g/mol. The first-order valence-electron chi connectivity index (χ1n) is 8.34. The predicted molar refractivity (Wildman–Crippen MR) is 82.1 cm³/mol. The van der Waals surface area contributed by atoms with Gasteiger partial charge in [-0.15, -0.1) is 0 Å². The first-order valence-corrected chi connectivity index (χ1v) is 8.34. The number of nitrogens with zero attached hydrogens (tertiary/aromatic N) is 2. The molecule has 6 nitrogen and oxygen atoms in total. The first-order chi connectivity index (χ1) is 12.6. The van der Waals surface area contributed by atoms with Crippen molar-refractivity contribution in [3.05, 3.63) is 18.7 Å². The normalized spacial score (nSPS) is 28.3. The summed E-state index contributed by atoms with van der Waals surface area (Å²) in [5.74, 6) is -3.44. The van der Waals surface area contributed by atoms with Crippen molar-refractivity contribution < 1.29 is 46.1 Å². The third-order valence-corrected chi connectivity index (χ3v) is 5.38. The van der Waals surface area contributed by atoms with Crippen molar-refractivity contribution in [2.45, 2.75) is 62.8 Å². The highest BCUT2D eigenvalue weighted by atomic mass is 19.4. The van der Waals surface area contributed by atoms with Gasteiger partial charge in [-0.05, 0) is 33.1 Å². The molecule has 28 heavy (non-hydrogen) atoms. The molecule has 1 aliphatic rings. The maximum Gasteiger partial charge on any atom is 0.419 e. The molecule has 2 rings (SSSR count). The number of hydrogen-bond acceptors (Lipinski definition) is 5. The van der Waals surface area contributed by atoms with E-state index < -0.39 is 66.9 Å². The molecule has 4 atom stereocenters. The van der Waals surface area contributed by atoms with E-state index in [1.165, 1.54) is 12.4 Å². The molecule has 0 radical (unpaired) electrons. The largest absolute Gasteiger partial charge is 0.446 e. The molecule has 4 unspecified atom stereocenters. The van der Waals surface area contributed by atoms with Gasteiger partial charge in [0.1, 0.15) is 12.4 Å². The number of carbonyl (C=O) groups is 1. The van der Waals surface area contributed by atoms with Crippen molar-refractivity contribution in [3.63, 3.8) is 0 Å². The Balaban J connectivity index is 2.31. The molecular weight excluding hydrogens is 398 g/mol. The molecule has 0 bridgehead atoms. The van der Waals surface area contributed by atoms with E-state index in [1.54, 1.807) is 0 Å². The number of carbonyl (C=O) groups excluding carboxylic acids is 1. The maximum absolute atomic E-state index is 13.2. The average molecular weight is 418 g/mol. The van der Waals surface area contributed by atoms with Gasteiger partial charge in [0.15, 0.2) is 11.2 Å². The summed E-state index contributed by atoms with van der Waals surface area (Å²) in [7, 11) is 0. The smallest absolute Gasteiger partial charge is 0.419 e. The molecule has 1 heterocycles. The molecule has 0 saturated heterocycles. The third kappa shape index (κ3) is 4.27. The average Bonchev–Trinajstić information content (AvgIpc) is 3.06. The fourth-order valence-corrected chi connectivity index (χ4v) is 3.31. The molecule has 1 saturated carbocycles. The van der Waals surface area contributed by atoms with Crippen molar-refractivity contribution in [1.82, 2.24) is 9.55 Å². The lowest BCUT2D eigenvalue weighted by Crippen LogP contribution is -2.57. The van der Waals surface area contributed by atoms with E-state index in [0.29, 0.717) is 13.8 Å². The second kappa shape index (κ2) is 7.21. The molecular formula is C16H20F6N2O4. The molecule has 160 valence electrons. The minimum atomic E-state index is -5.12. The molecule has 1 aromatic rings. The number of ether oxygens (including phenoxy) is 1. The van der Waals surface area contributed by atoms with Crippen LogP contribution in [0, 0.1) is 11.8 Å². The number of rotatable bonds is 3. The third-order valence-electron chi connectivity index (χ3n) is 5.38. The van der Waals surface area contributed by atoms with Crippen molar-refractivity contribution >= 4 is 6.09 Å². The fraction of sp³-hybridized carbons (Fsp3) is 0.750. The van der Waals surface area contributed by atoms with E-state index in [9.17, 15) is 41.4 Å². The molecule has 1 aliphatic carbocycles. The van der Waals surface area contributed by atoms with Crippen LogP contribution in [0.1, 0.15) is 33.1 Å². The highest BCUT2D eigenvalue weighted by Crippen LogP contribution is 2.50. The Bertz CT molecular complexity index is 650. The summed E-state index contributed by atoms with van der Waals surface area (Å²) in [4.78, 5) is 15.6. The highest BCUT2D eigenvalue weighted by molar-refractivity contribution is 5.70. The van der Waals surface area contributed by atoms with E-state index in [2.05, 4.69) is 4.98 Å². The van der Waals surface area contributed by atoms with Crippen molar-refractivity contribution in [2.75, 3.05) is 0 Å². The van der Waals surface area contributed by atoms with Crippen LogP contribution < -0.4 is 0 Å². The van der Waals surface area contributed by atoms with Gasteiger partial charge in [0.2, 0.25) is 0 Å². The number of aromatic nitrogens is 2. The Morgan fingerprint density at radius 2 is 1.46 bits per heavy atom. The summed E-state index contributed by atoms with van der Waals surface area (Å²) < 4.78 is 85.3. The number of halogens is 6. The minimum absolute atomic E-state index is 0.455. The Labute approximate surface area is 156 Å². The fourth-order valence-electron chi connectivity index (χ4n) is 3.31. The minimum Gasteiger partial charge on any atom is -0.446 e. The molecule has 0 aromatic carbocycles. The SMILES string of the molecule is CC(O)(C1CC(OC(=O)n2ccnc2)CC(C(C)(O)C(F)(F)F)C1)C(F)(F)F. The predicted octanol–water partition coefficient (Wildman–Crippen LogP) is 3.28. The van der Waals surface area contributed by atoms with Crippen LogP contribution in [-0.2, 0) is 4.74 Å². The standard InChI is InChI=1S/C16H20F6N2O4/c1-13(26,15(17,18)19)9-5-10(14(2,27)16(20,21)22)7-11(6-9)28-12(25)24-4-3-23-8-24/h3-4,8-11,26-27H,5-7H2,1-2H3. The molecule has 12 heteroatoms. The van der Waals surface area contributed by atoms with Crippen LogP contribution in [0.4, 0.5) is 31.1 Å². The molecule has 0 spiro atoms. The Hall–Kier alpha value is -1.82. The van der Waals surface area contributed by atoms with E-state index in [1.807, 2.05) is 0 Å². The van der Waals surface area contributed by atoms with E-state index in [0.717, 1.165) is 10.9 Å². The number of hydrogen-bond donors (Lipinski definition) is 2. The van der Waals surface area contributed by atoms with Gasteiger partial charge in [-0.3, -0.25) is 0 Å². The maximum atomic E-state index is 13.2. The van der Waals surface area contributed by atoms with Crippen LogP contribution in [0.2, 0.25) is 0 Å². The zero-order chi connectivity index (χ0) is 21.5. The second-order valence-corrected chi connectivity index (χ2v) is 7.37. The van der Waals surface area contributed by atoms with Gasteiger partial charge in [-0.2, -0.15) is 26.3 Å². The molecule has 2 N–H and O–H groups in total. The summed E-state index contributed by atoms with van der Waals surface area (Å²) in [6.07, 6.45) is -11.0. The molecule has 1 fully saturated rings. The number of imidazole rings is 1. The summed E-state index contributed by atoms with van der Waals surface area (Å²) in [6.45, 7) is 0.911. The van der Waals surface area contributed by atoms with E-state index >= 15 is 0 Å². The summed E-state index contributed by atoms with van der Waals surface area (Å²) in [6, 6.07) is 0. The summed E-state index contributed by atoms with van der Waals surface area (Å²) >= 11 is 0. The molecule has 0 amide bonds. The van der Waals surface area contributed by atoms with Gasteiger partial charge in [-0.25, -0.2) is 14.3 Å². The lowest BCUT2D eigenvalue weighted by Gasteiger charge is -2.46. The Morgan fingerprint density at radius 1 is 1.00 bits per heavy atom. The van der Waals surface area contributed by atoms with E-state index in [4.69, 9.17) is 4.74 Å². The van der Waals surface area contributed by atoms with Crippen LogP contribution in [0.25, 0.3) is 0 Å². The lowest BCUT2D eigenvalue weighted by atomic mass is 9.67. The number of alkyl halides is 6. The van der Waals surface area contributed by atoms with Crippen LogP contribution >= 0.6 is 0 Å². The van der Waals surface area contributed by atoms with Crippen molar-refractivity contribution in [2.24, 2.45) is 11.8 Å². The second-order valence-electron chi connectivity index (χ2n) is 7.37. The highest BCUT2D eigenvalue weighted by Gasteiger charge is 2.61.